The summed E-state index contributed by atoms with van der Waals surface area (Å²) in [6, 6.07) is 10.1. The van der Waals surface area contributed by atoms with E-state index in [1.54, 1.807) is 6.20 Å². The molecule has 0 bridgehead atoms. The van der Waals surface area contributed by atoms with Gasteiger partial charge in [-0.05, 0) is 5.56 Å². The van der Waals surface area contributed by atoms with Crippen LogP contribution in [0.1, 0.15) is 6.42 Å². The molecule has 1 fully saturated rings. The van der Waals surface area contributed by atoms with E-state index in [-0.39, 0.29) is 11.9 Å². The van der Waals surface area contributed by atoms with Crippen LogP contribution in [0, 0.1) is 0 Å². The van der Waals surface area contributed by atoms with Gasteiger partial charge in [0.1, 0.15) is 0 Å². The Hall–Kier alpha value is -1.76. The Morgan fingerprint density at radius 2 is 2.29 bits per heavy atom. The zero-order valence-corrected chi connectivity index (χ0v) is 12.4. The molecule has 6 heteroatoms. The minimum absolute atomic E-state index is 0.0352. The molecule has 3 rings (SSSR count). The van der Waals surface area contributed by atoms with E-state index in [4.69, 9.17) is 4.74 Å². The summed E-state index contributed by atoms with van der Waals surface area (Å²) in [5.41, 5.74) is 1.11. The number of amides is 1. The number of rotatable bonds is 4. The first kappa shape index (κ1) is 14.2. The van der Waals surface area contributed by atoms with Gasteiger partial charge >= 0.3 is 0 Å². The number of thiazole rings is 1. The number of carbonyl (C=O) groups is 1. The molecule has 1 unspecified atom stereocenters. The molecule has 1 aromatic heterocycles. The third-order valence-corrected chi connectivity index (χ3v) is 4.20. The Kier molecular flexibility index (Phi) is 4.59. The molecule has 0 radical (unpaired) electrons. The normalized spacial score (nSPS) is 18.4. The van der Waals surface area contributed by atoms with Gasteiger partial charge in [-0.25, -0.2) is 4.98 Å². The number of nitrogens with one attached hydrogen (secondary N) is 2. The van der Waals surface area contributed by atoms with Crippen molar-refractivity contribution in [3.8, 4) is 10.4 Å². The molecule has 110 valence electrons. The van der Waals surface area contributed by atoms with Crippen LogP contribution in [-0.4, -0.2) is 36.7 Å². The highest BCUT2D eigenvalue weighted by Crippen LogP contribution is 2.28. The standard InChI is InChI=1S/C15H17N3O2S/c19-14(8-12-10-20-7-6-16-12)18-15-17-9-13(21-15)11-4-2-1-3-5-11/h1-5,9,12,16H,6-8,10H2,(H,17,18,19). The number of morpholine rings is 1. The average molecular weight is 303 g/mol. The summed E-state index contributed by atoms with van der Waals surface area (Å²) >= 11 is 1.48. The summed E-state index contributed by atoms with van der Waals surface area (Å²) in [5, 5.41) is 6.75. The van der Waals surface area contributed by atoms with Crippen molar-refractivity contribution < 1.29 is 9.53 Å². The highest BCUT2D eigenvalue weighted by atomic mass is 32.1. The van der Waals surface area contributed by atoms with Crippen LogP contribution in [-0.2, 0) is 9.53 Å². The number of ether oxygens (including phenoxy) is 1. The van der Waals surface area contributed by atoms with Crippen molar-refractivity contribution >= 4 is 22.4 Å². The van der Waals surface area contributed by atoms with Crippen LogP contribution in [0.4, 0.5) is 5.13 Å². The second-order valence-corrected chi connectivity index (χ2v) is 5.90. The van der Waals surface area contributed by atoms with Gasteiger partial charge in [0, 0.05) is 25.2 Å². The minimum atomic E-state index is -0.0352. The molecule has 1 amide bonds. The fourth-order valence-corrected chi connectivity index (χ4v) is 3.05. The molecule has 1 atom stereocenters. The van der Waals surface area contributed by atoms with Crippen LogP contribution in [0.15, 0.2) is 36.5 Å². The fraction of sp³-hybridized carbons (Fsp3) is 0.333. The third-order valence-electron chi connectivity index (χ3n) is 3.24. The highest BCUT2D eigenvalue weighted by molar-refractivity contribution is 7.19. The number of hydrogen-bond donors (Lipinski definition) is 2. The van der Waals surface area contributed by atoms with Crippen molar-refractivity contribution in [1.29, 1.82) is 0 Å². The first-order valence-electron chi connectivity index (χ1n) is 6.93. The number of carbonyl (C=O) groups excluding carboxylic acids is 1. The summed E-state index contributed by atoms with van der Waals surface area (Å²) < 4.78 is 5.34. The number of hydrogen-bond acceptors (Lipinski definition) is 5. The summed E-state index contributed by atoms with van der Waals surface area (Å²) in [6.45, 7) is 2.10. The molecule has 0 spiro atoms. The Morgan fingerprint density at radius 1 is 1.43 bits per heavy atom. The highest BCUT2D eigenvalue weighted by Gasteiger charge is 2.17. The molecule has 2 aromatic rings. The lowest BCUT2D eigenvalue weighted by Gasteiger charge is -2.22. The Labute approximate surface area is 127 Å². The van der Waals surface area contributed by atoms with E-state index in [0.29, 0.717) is 24.8 Å². The summed E-state index contributed by atoms with van der Waals surface area (Å²) in [7, 11) is 0. The lowest BCUT2D eigenvalue weighted by atomic mass is 10.2. The molecule has 2 N–H and O–H groups in total. The van der Waals surface area contributed by atoms with Crippen LogP contribution < -0.4 is 10.6 Å². The lowest BCUT2D eigenvalue weighted by molar-refractivity contribution is -0.117. The smallest absolute Gasteiger partial charge is 0.227 e. The molecule has 0 saturated carbocycles. The van der Waals surface area contributed by atoms with Crippen molar-refractivity contribution in [2.75, 3.05) is 25.1 Å². The van der Waals surface area contributed by atoms with Crippen molar-refractivity contribution in [3.63, 3.8) is 0 Å². The minimum Gasteiger partial charge on any atom is -0.378 e. The Balaban J connectivity index is 1.58. The van der Waals surface area contributed by atoms with Crippen LogP contribution in [0.3, 0.4) is 0 Å². The summed E-state index contributed by atoms with van der Waals surface area (Å²) in [5.74, 6) is -0.0352. The Morgan fingerprint density at radius 3 is 3.05 bits per heavy atom. The molecule has 1 aromatic carbocycles. The molecular weight excluding hydrogens is 286 g/mol. The van der Waals surface area contributed by atoms with Crippen LogP contribution >= 0.6 is 11.3 Å². The predicted molar refractivity (Wildman–Crippen MR) is 83.4 cm³/mol. The molecule has 1 aliphatic rings. The van der Waals surface area contributed by atoms with Crippen LogP contribution in [0.5, 0.6) is 0 Å². The maximum atomic E-state index is 12.0. The molecule has 21 heavy (non-hydrogen) atoms. The van der Waals surface area contributed by atoms with Gasteiger partial charge in [-0.15, -0.1) is 0 Å². The zero-order chi connectivity index (χ0) is 14.5. The second-order valence-electron chi connectivity index (χ2n) is 4.87. The van der Waals surface area contributed by atoms with Gasteiger partial charge in [-0.2, -0.15) is 0 Å². The largest absolute Gasteiger partial charge is 0.378 e. The van der Waals surface area contributed by atoms with E-state index < -0.39 is 0 Å². The van der Waals surface area contributed by atoms with Crippen LogP contribution in [0.2, 0.25) is 0 Å². The molecule has 5 nitrogen and oxygen atoms in total. The van der Waals surface area contributed by atoms with Gasteiger partial charge < -0.3 is 15.4 Å². The van der Waals surface area contributed by atoms with Crippen molar-refractivity contribution in [1.82, 2.24) is 10.3 Å². The first-order chi connectivity index (χ1) is 10.3. The SMILES string of the molecule is O=C(CC1COCCN1)Nc1ncc(-c2ccccc2)s1. The van der Waals surface area contributed by atoms with E-state index in [9.17, 15) is 4.79 Å². The average Bonchev–Trinajstić information content (AvgIpc) is 2.97. The quantitative estimate of drug-likeness (QED) is 0.908. The first-order valence-corrected chi connectivity index (χ1v) is 7.75. The van der Waals surface area contributed by atoms with Gasteiger partial charge in [-0.1, -0.05) is 41.7 Å². The zero-order valence-electron chi connectivity index (χ0n) is 11.5. The van der Waals surface area contributed by atoms with Gasteiger partial charge in [0.25, 0.3) is 0 Å². The van der Waals surface area contributed by atoms with E-state index in [1.807, 2.05) is 30.3 Å². The van der Waals surface area contributed by atoms with Gasteiger partial charge in [0.05, 0.1) is 18.1 Å². The second kappa shape index (κ2) is 6.80. The summed E-state index contributed by atoms with van der Waals surface area (Å²) in [4.78, 5) is 17.3. The van der Waals surface area contributed by atoms with E-state index in [0.717, 1.165) is 17.0 Å². The van der Waals surface area contributed by atoms with E-state index in [1.165, 1.54) is 11.3 Å². The number of benzene rings is 1. The molecule has 0 aliphatic carbocycles. The van der Waals surface area contributed by atoms with Crippen molar-refractivity contribution in [2.24, 2.45) is 0 Å². The van der Waals surface area contributed by atoms with Crippen molar-refractivity contribution in [2.45, 2.75) is 12.5 Å². The Bertz CT molecular complexity index is 594. The van der Waals surface area contributed by atoms with E-state index >= 15 is 0 Å². The monoisotopic (exact) mass is 303 g/mol. The molecule has 1 aliphatic heterocycles. The van der Waals surface area contributed by atoms with Gasteiger partial charge in [0.15, 0.2) is 5.13 Å². The maximum Gasteiger partial charge on any atom is 0.227 e. The number of aromatic nitrogens is 1. The number of nitrogens with zero attached hydrogens (tertiary/aromatic N) is 1. The molecular formula is C15H17N3O2S. The number of anilines is 1. The van der Waals surface area contributed by atoms with Crippen LogP contribution in [0.25, 0.3) is 10.4 Å². The summed E-state index contributed by atoms with van der Waals surface area (Å²) in [6.07, 6.45) is 2.19. The fourth-order valence-electron chi connectivity index (χ4n) is 2.21. The molecule has 1 saturated heterocycles. The van der Waals surface area contributed by atoms with Gasteiger partial charge in [-0.3, -0.25) is 4.79 Å². The molecule has 2 heterocycles. The topological polar surface area (TPSA) is 63.2 Å². The third kappa shape index (κ3) is 3.87. The lowest BCUT2D eigenvalue weighted by Crippen LogP contribution is -2.43. The maximum absolute atomic E-state index is 12.0. The van der Waals surface area contributed by atoms with Crippen molar-refractivity contribution in [3.05, 3.63) is 36.5 Å². The predicted octanol–water partition coefficient (Wildman–Crippen LogP) is 2.13. The van der Waals surface area contributed by atoms with E-state index in [2.05, 4.69) is 15.6 Å². The van der Waals surface area contributed by atoms with Gasteiger partial charge in [0.2, 0.25) is 5.91 Å².